The molecule has 0 aliphatic carbocycles. The molecule has 1 aliphatic heterocycles. The highest BCUT2D eigenvalue weighted by Gasteiger charge is 2.05. The molecule has 0 aromatic carbocycles. The van der Waals surface area contributed by atoms with Crippen LogP contribution in [0.5, 0.6) is 0 Å². The van der Waals surface area contributed by atoms with Gasteiger partial charge in [0, 0.05) is 24.4 Å². The van der Waals surface area contributed by atoms with E-state index in [-0.39, 0.29) is 0 Å². The molecule has 0 spiro atoms. The third-order valence-corrected chi connectivity index (χ3v) is 2.77. The highest BCUT2D eigenvalue weighted by Crippen LogP contribution is 2.11. The fraction of sp³-hybridized carbons (Fsp3) is 0.333. The van der Waals surface area contributed by atoms with Crippen LogP contribution in [0.1, 0.15) is 4.88 Å². The van der Waals surface area contributed by atoms with E-state index in [1.807, 2.05) is 11.3 Å². The minimum Gasteiger partial charge on any atom is -0.309 e. The van der Waals surface area contributed by atoms with Crippen molar-refractivity contribution in [1.29, 1.82) is 0 Å². The summed E-state index contributed by atoms with van der Waals surface area (Å²) in [6, 6.07) is 4.30. The van der Waals surface area contributed by atoms with Crippen LogP contribution in [0.2, 0.25) is 0 Å². The van der Waals surface area contributed by atoms with Gasteiger partial charge in [0.2, 0.25) is 0 Å². The van der Waals surface area contributed by atoms with Gasteiger partial charge in [0.05, 0.1) is 0 Å². The molecule has 1 nitrogen and oxygen atoms in total. The monoisotopic (exact) mass is 165 g/mol. The van der Waals surface area contributed by atoms with Crippen LogP contribution in [0.15, 0.2) is 29.2 Å². The first-order valence-corrected chi connectivity index (χ1v) is 4.74. The fourth-order valence-electron chi connectivity index (χ4n) is 1.09. The number of hydrogen-bond acceptors (Lipinski definition) is 2. The number of thiophene rings is 1. The lowest BCUT2D eigenvalue weighted by Gasteiger charge is -2.18. The summed E-state index contributed by atoms with van der Waals surface area (Å²) in [6.07, 6.45) is 3.46. The van der Waals surface area contributed by atoms with Crippen LogP contribution in [0, 0.1) is 0 Å². The maximum absolute atomic E-state index is 3.23. The second-order valence-corrected chi connectivity index (χ2v) is 3.78. The van der Waals surface area contributed by atoms with Gasteiger partial charge >= 0.3 is 0 Å². The number of hydrogen-bond donors (Lipinski definition) is 1. The third kappa shape index (κ3) is 1.70. The second kappa shape index (κ2) is 3.20. The predicted octanol–water partition coefficient (Wildman–Crippen LogP) is 1.82. The van der Waals surface area contributed by atoms with Gasteiger partial charge in [0.1, 0.15) is 0 Å². The minimum absolute atomic E-state index is 1.10. The van der Waals surface area contributed by atoms with Gasteiger partial charge in [0.15, 0.2) is 0 Å². The molecule has 11 heavy (non-hydrogen) atoms. The summed E-state index contributed by atoms with van der Waals surface area (Å²) in [4.78, 5) is 1.46. The molecule has 1 aromatic rings. The van der Waals surface area contributed by atoms with Crippen LogP contribution in [0.25, 0.3) is 0 Å². The summed E-state index contributed by atoms with van der Waals surface area (Å²) in [7, 11) is 0. The smallest absolute Gasteiger partial charge is 0.0180 e. The van der Waals surface area contributed by atoms with Crippen molar-refractivity contribution in [3.8, 4) is 0 Å². The Labute approximate surface area is 70.8 Å². The Morgan fingerprint density at radius 2 is 2.45 bits per heavy atom. The molecule has 0 saturated carbocycles. The van der Waals surface area contributed by atoms with E-state index in [2.05, 4.69) is 28.9 Å². The van der Waals surface area contributed by atoms with E-state index in [0.29, 0.717) is 0 Å². The highest BCUT2D eigenvalue weighted by atomic mass is 32.1. The normalized spacial score (nSPS) is 16.2. The lowest BCUT2D eigenvalue weighted by molar-refractivity contribution is 0.665. The number of rotatable bonds is 2. The quantitative estimate of drug-likeness (QED) is 0.659. The zero-order chi connectivity index (χ0) is 7.52. The summed E-state index contributed by atoms with van der Waals surface area (Å²) in [5.74, 6) is 0. The predicted molar refractivity (Wildman–Crippen MR) is 49.0 cm³/mol. The highest BCUT2D eigenvalue weighted by molar-refractivity contribution is 7.09. The lowest BCUT2D eigenvalue weighted by Crippen LogP contribution is -2.33. The van der Waals surface area contributed by atoms with Gasteiger partial charge in [-0.2, -0.15) is 0 Å². The molecule has 0 radical (unpaired) electrons. The van der Waals surface area contributed by atoms with E-state index in [9.17, 15) is 0 Å². The Hall–Kier alpha value is -0.600. The maximum Gasteiger partial charge on any atom is 0.0180 e. The van der Waals surface area contributed by atoms with Gasteiger partial charge in [-0.1, -0.05) is 12.1 Å². The Morgan fingerprint density at radius 3 is 3.00 bits per heavy atom. The average molecular weight is 165 g/mol. The van der Waals surface area contributed by atoms with Gasteiger partial charge in [-0.3, -0.25) is 0 Å². The van der Waals surface area contributed by atoms with Gasteiger partial charge in [-0.15, -0.1) is 11.3 Å². The van der Waals surface area contributed by atoms with Crippen LogP contribution in [0.4, 0.5) is 0 Å². The molecule has 0 unspecified atom stereocenters. The van der Waals surface area contributed by atoms with Gasteiger partial charge in [-0.05, 0) is 17.0 Å². The average Bonchev–Trinajstić information content (AvgIpc) is 2.36. The molecule has 2 heteroatoms. The molecule has 0 atom stereocenters. The van der Waals surface area contributed by atoms with Crippen molar-refractivity contribution in [3.63, 3.8) is 0 Å². The lowest BCUT2D eigenvalue weighted by atomic mass is 10.1. The van der Waals surface area contributed by atoms with E-state index in [0.717, 1.165) is 19.5 Å². The summed E-state index contributed by atoms with van der Waals surface area (Å²) < 4.78 is 0. The van der Waals surface area contributed by atoms with E-state index < -0.39 is 0 Å². The largest absolute Gasteiger partial charge is 0.309 e. The Bertz CT molecular complexity index is 243. The van der Waals surface area contributed by atoms with Crippen molar-refractivity contribution >= 4 is 11.3 Å². The molecule has 1 aromatic heterocycles. The van der Waals surface area contributed by atoms with Crippen LogP contribution in [-0.4, -0.2) is 13.1 Å². The molecular formula is C9H11NS. The summed E-state index contributed by atoms with van der Waals surface area (Å²) in [5, 5.41) is 5.36. The van der Waals surface area contributed by atoms with Crippen molar-refractivity contribution in [1.82, 2.24) is 5.32 Å². The fourth-order valence-corrected chi connectivity index (χ4v) is 1.76. The molecule has 1 fully saturated rings. The van der Waals surface area contributed by atoms with Crippen molar-refractivity contribution in [2.24, 2.45) is 0 Å². The van der Waals surface area contributed by atoms with Crippen LogP contribution in [0.3, 0.4) is 0 Å². The summed E-state index contributed by atoms with van der Waals surface area (Å²) >= 11 is 1.83. The van der Waals surface area contributed by atoms with Crippen LogP contribution >= 0.6 is 11.3 Å². The zero-order valence-electron chi connectivity index (χ0n) is 6.34. The molecule has 0 amide bonds. The van der Waals surface area contributed by atoms with Crippen molar-refractivity contribution in [2.45, 2.75) is 6.42 Å². The standard InChI is InChI=1S/C9H11NS/c1-2-9(11-5-1)4-3-8-6-10-7-8/h1-3,5,10H,4,6-7H2. The molecule has 0 bridgehead atoms. The van der Waals surface area contributed by atoms with Gasteiger partial charge in [0.25, 0.3) is 0 Å². The van der Waals surface area contributed by atoms with Crippen molar-refractivity contribution in [2.75, 3.05) is 13.1 Å². The first-order valence-electron chi connectivity index (χ1n) is 3.86. The van der Waals surface area contributed by atoms with Crippen molar-refractivity contribution in [3.05, 3.63) is 34.0 Å². The number of nitrogens with one attached hydrogen (secondary N) is 1. The van der Waals surface area contributed by atoms with E-state index >= 15 is 0 Å². The van der Waals surface area contributed by atoms with Gasteiger partial charge < -0.3 is 5.32 Å². The Kier molecular flexibility index (Phi) is 2.06. The van der Waals surface area contributed by atoms with Crippen molar-refractivity contribution < 1.29 is 0 Å². The van der Waals surface area contributed by atoms with Crippen LogP contribution < -0.4 is 5.32 Å². The third-order valence-electron chi connectivity index (χ3n) is 1.88. The SMILES string of the molecule is C(Cc1cccs1)=C1CNC1. The molecule has 58 valence electrons. The maximum atomic E-state index is 3.23. The molecule has 1 saturated heterocycles. The first kappa shape index (κ1) is 7.07. The zero-order valence-corrected chi connectivity index (χ0v) is 7.16. The van der Waals surface area contributed by atoms with Crippen LogP contribution in [-0.2, 0) is 6.42 Å². The summed E-state index contributed by atoms with van der Waals surface area (Å²) in [6.45, 7) is 2.21. The number of allylic oxidation sites excluding steroid dienone is 1. The molecule has 2 rings (SSSR count). The minimum atomic E-state index is 1.10. The first-order chi connectivity index (χ1) is 5.45. The Balaban J connectivity index is 1.91. The van der Waals surface area contributed by atoms with Gasteiger partial charge in [-0.25, -0.2) is 0 Å². The molecule has 1 aliphatic rings. The second-order valence-electron chi connectivity index (χ2n) is 2.75. The Morgan fingerprint density at radius 1 is 1.55 bits per heavy atom. The molecular weight excluding hydrogens is 154 g/mol. The van der Waals surface area contributed by atoms with E-state index in [1.54, 1.807) is 5.57 Å². The molecule has 2 heterocycles. The summed E-state index contributed by atoms with van der Waals surface area (Å²) in [5.41, 5.74) is 1.55. The molecule has 1 N–H and O–H groups in total. The van der Waals surface area contributed by atoms with E-state index in [1.165, 1.54) is 4.88 Å². The van der Waals surface area contributed by atoms with E-state index in [4.69, 9.17) is 0 Å². The topological polar surface area (TPSA) is 12.0 Å².